The van der Waals surface area contributed by atoms with Crippen LogP contribution in [0.2, 0.25) is 0 Å². The van der Waals surface area contributed by atoms with Crippen LogP contribution in [0.25, 0.3) is 0 Å². The van der Waals surface area contributed by atoms with Crippen LogP contribution in [0.1, 0.15) is 12.8 Å². The average Bonchev–Trinajstić information content (AvgIpc) is 1.80. The Morgan fingerprint density at radius 2 is 2.33 bits per heavy atom. The summed E-state index contributed by atoms with van der Waals surface area (Å²) in [6.07, 6.45) is 0.517. The number of carbonyl (C=O) groups is 1. The Labute approximate surface area is 57.2 Å². The van der Waals surface area contributed by atoms with Gasteiger partial charge in [0.25, 0.3) is 0 Å². The molecule has 5 heteroatoms. The molecule has 0 aromatic carbocycles. The van der Waals surface area contributed by atoms with Crippen molar-refractivity contribution in [2.45, 2.75) is 12.8 Å². The molecule has 4 nitrogen and oxygen atoms in total. The fraction of sp³-hybridized carbons (Fsp3) is 0.750. The highest BCUT2D eigenvalue weighted by Gasteiger charge is 1.94. The van der Waals surface area contributed by atoms with Crippen LogP contribution >= 0.6 is 12.3 Å². The molecule has 0 amide bonds. The normalized spacial score (nSPS) is 9.44. The van der Waals surface area contributed by atoms with Gasteiger partial charge in [-0.2, -0.15) is 0 Å². The molecule has 2 N–H and O–H groups in total. The van der Waals surface area contributed by atoms with Crippen molar-refractivity contribution in [1.29, 1.82) is 0 Å². The molecule has 0 fully saturated rings. The van der Waals surface area contributed by atoms with Gasteiger partial charge in [0.1, 0.15) is 0 Å². The predicted octanol–water partition coefficient (Wildman–Crippen LogP) is 0.989. The van der Waals surface area contributed by atoms with E-state index in [1.807, 2.05) is 0 Å². The molecule has 0 spiro atoms. The highest BCUT2D eigenvalue weighted by atomic mass is 32.2. The SMILES string of the molecule is O=C(O)CCCOSO. The number of carboxylic acid groups (broad SMARTS) is 1. The van der Waals surface area contributed by atoms with Crippen molar-refractivity contribution < 1.29 is 18.6 Å². The molecule has 54 valence electrons. The summed E-state index contributed by atoms with van der Waals surface area (Å²) >= 11 is 0.260. The van der Waals surface area contributed by atoms with Crippen LogP contribution in [0, 0.1) is 0 Å². The standard InChI is InChI=1S/C4H8O4S/c5-4(6)2-1-3-8-9-7/h7H,1-3H2,(H,5,6). The third kappa shape index (κ3) is 7.74. The lowest BCUT2D eigenvalue weighted by atomic mass is 10.3. The molecule has 9 heavy (non-hydrogen) atoms. The maximum absolute atomic E-state index is 9.84. The molecule has 0 aromatic rings. The van der Waals surface area contributed by atoms with E-state index < -0.39 is 5.97 Å². The second-order valence-electron chi connectivity index (χ2n) is 1.39. The van der Waals surface area contributed by atoms with E-state index in [0.717, 1.165) is 0 Å². The summed E-state index contributed by atoms with van der Waals surface area (Å²) in [5.74, 6) is -0.846. The molecule has 0 heterocycles. The van der Waals surface area contributed by atoms with Crippen LogP contribution in [-0.2, 0) is 8.98 Å². The van der Waals surface area contributed by atoms with Gasteiger partial charge < -0.3 is 9.66 Å². The molecular weight excluding hydrogens is 144 g/mol. The van der Waals surface area contributed by atoms with Gasteiger partial charge >= 0.3 is 5.97 Å². The van der Waals surface area contributed by atoms with Crippen LogP contribution in [0.3, 0.4) is 0 Å². The number of aliphatic carboxylic acids is 1. The lowest BCUT2D eigenvalue weighted by Crippen LogP contribution is -1.96. The smallest absolute Gasteiger partial charge is 0.303 e. The minimum atomic E-state index is -0.846. The summed E-state index contributed by atoms with van der Waals surface area (Å²) in [6.45, 7) is 0.271. The van der Waals surface area contributed by atoms with Gasteiger partial charge in [0.05, 0.1) is 6.61 Å². The van der Waals surface area contributed by atoms with E-state index in [1.165, 1.54) is 0 Å². The van der Waals surface area contributed by atoms with E-state index in [0.29, 0.717) is 6.42 Å². The molecule has 0 aliphatic rings. The summed E-state index contributed by atoms with van der Waals surface area (Å²) in [4.78, 5) is 9.84. The van der Waals surface area contributed by atoms with Crippen molar-refractivity contribution in [2.75, 3.05) is 6.61 Å². The van der Waals surface area contributed by atoms with E-state index in [4.69, 9.17) is 9.66 Å². The Morgan fingerprint density at radius 3 is 2.78 bits per heavy atom. The summed E-state index contributed by atoms with van der Waals surface area (Å²) in [5, 5.41) is 8.09. The predicted molar refractivity (Wildman–Crippen MR) is 33.0 cm³/mol. The molecule has 0 aliphatic carbocycles. The van der Waals surface area contributed by atoms with Crippen molar-refractivity contribution >= 4 is 18.3 Å². The van der Waals surface area contributed by atoms with Crippen LogP contribution in [0.15, 0.2) is 0 Å². The summed E-state index contributed by atoms with van der Waals surface area (Å²) < 4.78 is 12.4. The van der Waals surface area contributed by atoms with Crippen LogP contribution in [0.4, 0.5) is 0 Å². The van der Waals surface area contributed by atoms with Crippen molar-refractivity contribution in [1.82, 2.24) is 0 Å². The highest BCUT2D eigenvalue weighted by molar-refractivity contribution is 7.88. The largest absolute Gasteiger partial charge is 0.481 e. The van der Waals surface area contributed by atoms with Crippen molar-refractivity contribution in [3.63, 3.8) is 0 Å². The first-order valence-electron chi connectivity index (χ1n) is 2.42. The van der Waals surface area contributed by atoms with E-state index in [-0.39, 0.29) is 25.4 Å². The number of carboxylic acids is 1. The van der Waals surface area contributed by atoms with Crippen LogP contribution < -0.4 is 0 Å². The minimum absolute atomic E-state index is 0.0839. The molecule has 0 atom stereocenters. The quantitative estimate of drug-likeness (QED) is 0.454. The van der Waals surface area contributed by atoms with E-state index in [1.54, 1.807) is 0 Å². The van der Waals surface area contributed by atoms with Crippen molar-refractivity contribution in [3.05, 3.63) is 0 Å². The van der Waals surface area contributed by atoms with E-state index in [2.05, 4.69) is 4.18 Å². The average molecular weight is 152 g/mol. The zero-order chi connectivity index (χ0) is 7.11. The first-order valence-corrected chi connectivity index (χ1v) is 3.12. The Bertz CT molecular complexity index is 84.6. The zero-order valence-electron chi connectivity index (χ0n) is 4.74. The maximum Gasteiger partial charge on any atom is 0.303 e. The van der Waals surface area contributed by atoms with Gasteiger partial charge in [0.15, 0.2) is 12.3 Å². The first-order chi connectivity index (χ1) is 4.27. The Morgan fingerprint density at radius 1 is 1.67 bits per heavy atom. The van der Waals surface area contributed by atoms with Gasteiger partial charge in [-0.15, -0.1) is 0 Å². The Balaban J connectivity index is 2.83. The topological polar surface area (TPSA) is 66.8 Å². The molecular formula is C4H8O4S. The van der Waals surface area contributed by atoms with E-state index in [9.17, 15) is 4.79 Å². The molecule has 0 saturated carbocycles. The van der Waals surface area contributed by atoms with Crippen molar-refractivity contribution in [3.8, 4) is 0 Å². The molecule has 0 aromatic heterocycles. The first kappa shape index (κ1) is 8.74. The number of hydrogen-bond donors (Lipinski definition) is 2. The van der Waals surface area contributed by atoms with Crippen LogP contribution in [-0.4, -0.2) is 22.2 Å². The fourth-order valence-electron chi connectivity index (χ4n) is 0.320. The van der Waals surface area contributed by atoms with Gasteiger partial charge in [-0.1, -0.05) is 0 Å². The third-order valence-electron chi connectivity index (χ3n) is 0.671. The summed E-state index contributed by atoms with van der Waals surface area (Å²) in [6, 6.07) is 0. The second-order valence-corrected chi connectivity index (χ2v) is 1.78. The third-order valence-corrected chi connectivity index (χ3v) is 0.943. The number of rotatable bonds is 5. The number of hydrogen-bond acceptors (Lipinski definition) is 4. The van der Waals surface area contributed by atoms with Gasteiger partial charge in [-0.3, -0.25) is 8.98 Å². The fourth-order valence-corrected chi connectivity index (χ4v) is 0.512. The lowest BCUT2D eigenvalue weighted by molar-refractivity contribution is -0.137. The Kier molecular flexibility index (Phi) is 5.70. The van der Waals surface area contributed by atoms with E-state index >= 15 is 0 Å². The van der Waals surface area contributed by atoms with Crippen molar-refractivity contribution in [2.24, 2.45) is 0 Å². The molecule has 0 bridgehead atoms. The molecule has 0 radical (unpaired) electrons. The monoisotopic (exact) mass is 152 g/mol. The minimum Gasteiger partial charge on any atom is -0.481 e. The van der Waals surface area contributed by atoms with Gasteiger partial charge in [0, 0.05) is 6.42 Å². The van der Waals surface area contributed by atoms with Gasteiger partial charge in [-0.25, -0.2) is 0 Å². The van der Waals surface area contributed by atoms with Crippen LogP contribution in [0.5, 0.6) is 0 Å². The Hall–Kier alpha value is -0.260. The van der Waals surface area contributed by atoms with Gasteiger partial charge in [-0.05, 0) is 6.42 Å². The van der Waals surface area contributed by atoms with Gasteiger partial charge in [0.2, 0.25) is 0 Å². The molecule has 0 saturated heterocycles. The summed E-state index contributed by atoms with van der Waals surface area (Å²) in [5.41, 5.74) is 0. The second kappa shape index (κ2) is 5.87. The summed E-state index contributed by atoms with van der Waals surface area (Å²) in [7, 11) is 0. The molecule has 0 unspecified atom stereocenters. The molecule has 0 aliphatic heterocycles. The lowest BCUT2D eigenvalue weighted by Gasteiger charge is -1.93. The zero-order valence-corrected chi connectivity index (χ0v) is 5.56. The highest BCUT2D eigenvalue weighted by Crippen LogP contribution is 1.97. The molecule has 0 rings (SSSR count). The maximum atomic E-state index is 9.84.